The monoisotopic (exact) mass is 367 g/mol. The van der Waals surface area contributed by atoms with Gasteiger partial charge in [-0.15, -0.1) is 11.3 Å². The van der Waals surface area contributed by atoms with E-state index in [1.54, 1.807) is 17.2 Å². The Bertz CT molecular complexity index is 880. The van der Waals surface area contributed by atoms with Crippen LogP contribution in [0, 0.1) is 17.8 Å². The Balaban J connectivity index is 1.48. The van der Waals surface area contributed by atoms with Crippen molar-refractivity contribution in [2.45, 2.75) is 18.6 Å². The molecule has 0 saturated carbocycles. The number of piperidine rings is 1. The molecule has 4 heterocycles. The highest BCUT2D eigenvalue weighted by Crippen LogP contribution is 2.27. The molecule has 1 aromatic heterocycles. The number of hydrogen-bond donors (Lipinski definition) is 1. The number of carbonyl (C=O) groups excluding carboxylic acids is 1. The van der Waals surface area contributed by atoms with Gasteiger partial charge in [-0.1, -0.05) is 0 Å². The molecule has 0 aromatic carbocycles. The Hall–Kier alpha value is -1.98. The van der Waals surface area contributed by atoms with Gasteiger partial charge in [-0.3, -0.25) is 4.90 Å². The summed E-state index contributed by atoms with van der Waals surface area (Å²) < 4.78 is 37.5. The molecule has 4 nitrogen and oxygen atoms in total. The van der Waals surface area contributed by atoms with Crippen LogP contribution in [0.5, 0.6) is 0 Å². The Kier molecular flexibility index (Phi) is 4.01. The van der Waals surface area contributed by atoms with Crippen molar-refractivity contribution in [1.82, 2.24) is 15.1 Å². The zero-order valence-corrected chi connectivity index (χ0v) is 14.1. The minimum atomic E-state index is -4.50. The van der Waals surface area contributed by atoms with Gasteiger partial charge in [0.15, 0.2) is 0 Å². The lowest BCUT2D eigenvalue weighted by Crippen LogP contribution is -2.49. The Morgan fingerprint density at radius 1 is 1.36 bits per heavy atom. The summed E-state index contributed by atoms with van der Waals surface area (Å²) in [6.45, 7) is 3.47. The predicted octanol–water partition coefficient (Wildman–Crippen LogP) is 0.910. The molecule has 0 aliphatic carbocycles. The standard InChI is InChI=1S/C17H16F3N3OS/c18-17(19,20)4-1-13-7-12-9-23(6-3-15(12)25-13)16(24)21-14-10-22-5-2-11(14)8-22/h3,7,9,11,14H,2,5-6,8,10H2,(H,21,24)/t11-,14?/m0/s1. The topological polar surface area (TPSA) is 35.6 Å². The molecule has 3 aliphatic heterocycles. The average Bonchev–Trinajstić information content (AvgIpc) is 3.26. The molecule has 8 heteroatoms. The number of fused-ring (bicyclic) bond motifs is 3. The second-order valence-corrected chi connectivity index (χ2v) is 7.61. The number of nitrogens with one attached hydrogen (secondary N) is 1. The van der Waals surface area contributed by atoms with Crippen molar-refractivity contribution in [1.29, 1.82) is 0 Å². The first-order valence-corrected chi connectivity index (χ1v) is 8.90. The van der Waals surface area contributed by atoms with Crippen LogP contribution in [0.15, 0.2) is 6.07 Å². The zero-order chi connectivity index (χ0) is 17.6. The van der Waals surface area contributed by atoms with Gasteiger partial charge >= 0.3 is 12.2 Å². The number of halogens is 3. The number of nitrogens with zero attached hydrogens (tertiary/aromatic N) is 2. The molecule has 3 atom stereocenters. The number of alkyl halides is 3. The number of amides is 2. The molecule has 0 radical (unpaired) electrons. The lowest BCUT2D eigenvalue weighted by molar-refractivity contribution is -0.0696. The van der Waals surface area contributed by atoms with E-state index in [1.807, 2.05) is 6.08 Å². The van der Waals surface area contributed by atoms with Crippen LogP contribution in [0.4, 0.5) is 18.0 Å². The highest BCUT2D eigenvalue weighted by Gasteiger charge is 2.39. The first-order valence-electron chi connectivity index (χ1n) is 8.09. The van der Waals surface area contributed by atoms with Gasteiger partial charge in [-0.05, 0) is 36.9 Å². The van der Waals surface area contributed by atoms with Crippen molar-refractivity contribution in [2.24, 2.45) is 5.92 Å². The smallest absolute Gasteiger partial charge is 0.333 e. The van der Waals surface area contributed by atoms with E-state index in [9.17, 15) is 18.0 Å². The maximum absolute atomic E-state index is 12.5. The summed E-state index contributed by atoms with van der Waals surface area (Å²) in [5.41, 5.74) is 0. The molecule has 1 N–H and O–H groups in total. The van der Waals surface area contributed by atoms with Crippen LogP contribution in [0.1, 0.15) is 11.3 Å². The second-order valence-electron chi connectivity index (χ2n) is 6.53. The molecule has 0 spiro atoms. The number of hydrogen-bond acceptors (Lipinski definition) is 3. The zero-order valence-electron chi connectivity index (χ0n) is 13.3. The fraction of sp³-hybridized carbons (Fsp3) is 0.471. The molecular formula is C17H16F3N3OS. The van der Waals surface area contributed by atoms with E-state index in [2.05, 4.69) is 16.1 Å². The number of rotatable bonds is 1. The minimum Gasteiger partial charge on any atom is -0.333 e. The van der Waals surface area contributed by atoms with E-state index in [0.29, 0.717) is 17.3 Å². The van der Waals surface area contributed by atoms with Gasteiger partial charge in [0.2, 0.25) is 0 Å². The summed E-state index contributed by atoms with van der Waals surface area (Å²) in [7, 11) is 0. The molecule has 2 unspecified atom stereocenters. The molecule has 4 rings (SSSR count). The summed E-state index contributed by atoms with van der Waals surface area (Å²) in [4.78, 5) is 16.7. The van der Waals surface area contributed by atoms with Gasteiger partial charge in [0.1, 0.15) is 0 Å². The Morgan fingerprint density at radius 3 is 2.88 bits per heavy atom. The number of carbonyl (C=O) groups is 1. The summed E-state index contributed by atoms with van der Waals surface area (Å²) >= 11 is 1.21. The van der Waals surface area contributed by atoms with Gasteiger partial charge in [-0.2, -0.15) is 13.2 Å². The first kappa shape index (κ1) is 16.5. The fourth-order valence-corrected chi connectivity index (χ4v) is 4.52. The van der Waals surface area contributed by atoms with E-state index in [0.717, 1.165) is 35.8 Å². The van der Waals surface area contributed by atoms with E-state index in [-0.39, 0.29) is 12.1 Å². The Morgan fingerprint density at radius 2 is 2.20 bits per heavy atom. The first-order chi connectivity index (χ1) is 11.9. The van der Waals surface area contributed by atoms with Crippen LogP contribution in [0.3, 0.4) is 0 Å². The van der Waals surface area contributed by atoms with Gasteiger partial charge < -0.3 is 10.2 Å². The van der Waals surface area contributed by atoms with Crippen LogP contribution in [-0.4, -0.2) is 54.2 Å². The SMILES string of the molecule is O=C(NC1CN2CC[C@H]1C2)N1C=c2cc(C#CC(F)(F)F)sc2=CC1. The van der Waals surface area contributed by atoms with Crippen molar-refractivity contribution < 1.29 is 18.0 Å². The fourth-order valence-electron chi connectivity index (χ4n) is 3.61. The molecule has 25 heavy (non-hydrogen) atoms. The third-order valence-electron chi connectivity index (χ3n) is 4.79. The van der Waals surface area contributed by atoms with Crippen molar-refractivity contribution in [3.8, 4) is 11.8 Å². The van der Waals surface area contributed by atoms with Crippen molar-refractivity contribution in [3.63, 3.8) is 0 Å². The number of urea groups is 1. The third kappa shape index (κ3) is 3.53. The highest BCUT2D eigenvalue weighted by molar-refractivity contribution is 7.10. The third-order valence-corrected chi connectivity index (χ3v) is 5.85. The summed E-state index contributed by atoms with van der Waals surface area (Å²) in [5.74, 6) is 3.95. The maximum Gasteiger partial charge on any atom is 0.458 e. The maximum atomic E-state index is 12.5. The van der Waals surface area contributed by atoms with Crippen LogP contribution < -0.4 is 15.1 Å². The van der Waals surface area contributed by atoms with Crippen LogP contribution in [0.25, 0.3) is 12.3 Å². The van der Waals surface area contributed by atoms with Gasteiger partial charge in [0, 0.05) is 47.5 Å². The summed E-state index contributed by atoms with van der Waals surface area (Å²) in [5, 5.41) is 3.81. The van der Waals surface area contributed by atoms with Crippen LogP contribution >= 0.6 is 11.3 Å². The molecule has 2 fully saturated rings. The number of thiophene rings is 1. The molecule has 3 aliphatic rings. The lowest BCUT2D eigenvalue weighted by atomic mass is 10.0. The van der Waals surface area contributed by atoms with Crippen molar-refractivity contribution in [3.05, 3.63) is 20.7 Å². The van der Waals surface area contributed by atoms with Gasteiger partial charge in [0.05, 0.1) is 4.88 Å². The van der Waals surface area contributed by atoms with E-state index in [1.165, 1.54) is 17.3 Å². The van der Waals surface area contributed by atoms with Crippen LogP contribution in [0.2, 0.25) is 0 Å². The normalized spacial score (nSPS) is 27.0. The predicted molar refractivity (Wildman–Crippen MR) is 89.0 cm³/mol. The molecule has 2 saturated heterocycles. The average molecular weight is 367 g/mol. The largest absolute Gasteiger partial charge is 0.458 e. The van der Waals surface area contributed by atoms with E-state index in [4.69, 9.17) is 0 Å². The second kappa shape index (κ2) is 6.07. The Labute approximate surface area is 146 Å². The lowest BCUT2D eigenvalue weighted by Gasteiger charge is -2.26. The highest BCUT2D eigenvalue weighted by atomic mass is 32.1. The molecule has 2 amide bonds. The van der Waals surface area contributed by atoms with E-state index < -0.39 is 6.18 Å². The van der Waals surface area contributed by atoms with Gasteiger partial charge in [-0.25, -0.2) is 4.79 Å². The molecule has 132 valence electrons. The van der Waals surface area contributed by atoms with Crippen LogP contribution in [-0.2, 0) is 0 Å². The minimum absolute atomic E-state index is 0.158. The molecule has 1 aromatic rings. The van der Waals surface area contributed by atoms with Crippen molar-refractivity contribution in [2.75, 3.05) is 26.2 Å². The quantitative estimate of drug-likeness (QED) is 0.749. The summed E-state index contributed by atoms with van der Waals surface area (Å²) in [6, 6.07) is 1.62. The molecule has 2 bridgehead atoms. The van der Waals surface area contributed by atoms with Gasteiger partial charge in [0.25, 0.3) is 0 Å². The van der Waals surface area contributed by atoms with Crippen molar-refractivity contribution >= 4 is 29.6 Å². The molecular weight excluding hydrogens is 351 g/mol. The summed E-state index contributed by atoms with van der Waals surface area (Å²) in [6.07, 6.45) is 0.160. The van der Waals surface area contributed by atoms with E-state index >= 15 is 0 Å².